The first-order chi connectivity index (χ1) is 5.37. The molecule has 0 spiro atoms. The van der Waals surface area contributed by atoms with Crippen LogP contribution in [0.4, 0.5) is 4.79 Å². The van der Waals surface area contributed by atoms with Gasteiger partial charge >= 0.3 is 6.09 Å². The molecule has 4 heteroatoms. The minimum atomic E-state index is -0.619. The Labute approximate surface area is 72.9 Å². The fourth-order valence-corrected chi connectivity index (χ4v) is 0.559. The Morgan fingerprint density at radius 1 is 1.58 bits per heavy atom. The van der Waals surface area contributed by atoms with E-state index in [0.717, 1.165) is 0 Å². The second-order valence-corrected chi connectivity index (χ2v) is 3.62. The Morgan fingerprint density at radius 2 is 2.08 bits per heavy atom. The SMILES string of the molecule is CC(C)OC(=O)NC(C)(C)CO. The number of aliphatic hydroxyl groups excluding tert-OH is 1. The number of rotatable bonds is 3. The number of hydrogen-bond donors (Lipinski definition) is 2. The van der Waals surface area contributed by atoms with Crippen LogP contribution in [0.1, 0.15) is 27.7 Å². The van der Waals surface area contributed by atoms with Gasteiger partial charge in [-0.3, -0.25) is 0 Å². The zero-order chi connectivity index (χ0) is 9.78. The van der Waals surface area contributed by atoms with Gasteiger partial charge in [0.2, 0.25) is 0 Å². The lowest BCUT2D eigenvalue weighted by Crippen LogP contribution is -2.47. The van der Waals surface area contributed by atoms with Crippen LogP contribution >= 0.6 is 0 Å². The summed E-state index contributed by atoms with van der Waals surface area (Å²) in [5.74, 6) is 0. The third-order valence-corrected chi connectivity index (χ3v) is 1.18. The molecule has 0 saturated carbocycles. The molecule has 0 bridgehead atoms. The fourth-order valence-electron chi connectivity index (χ4n) is 0.559. The highest BCUT2D eigenvalue weighted by molar-refractivity contribution is 5.68. The van der Waals surface area contributed by atoms with Gasteiger partial charge in [-0.1, -0.05) is 0 Å². The zero-order valence-corrected chi connectivity index (χ0v) is 8.05. The summed E-state index contributed by atoms with van der Waals surface area (Å²) in [5.41, 5.74) is -0.619. The average Bonchev–Trinajstić information content (AvgIpc) is 1.84. The van der Waals surface area contributed by atoms with Crippen molar-refractivity contribution in [3.63, 3.8) is 0 Å². The number of amides is 1. The first-order valence-corrected chi connectivity index (χ1v) is 3.97. The van der Waals surface area contributed by atoms with Crippen LogP contribution in [-0.2, 0) is 4.74 Å². The molecule has 0 radical (unpaired) electrons. The normalized spacial score (nSPS) is 11.5. The highest BCUT2D eigenvalue weighted by Crippen LogP contribution is 2.00. The summed E-state index contributed by atoms with van der Waals surface area (Å²) in [6.07, 6.45) is -0.636. The summed E-state index contributed by atoms with van der Waals surface area (Å²) in [7, 11) is 0. The van der Waals surface area contributed by atoms with Gasteiger partial charge < -0.3 is 15.2 Å². The molecule has 0 aromatic carbocycles. The van der Waals surface area contributed by atoms with E-state index in [1.807, 2.05) is 0 Å². The van der Waals surface area contributed by atoms with Crippen LogP contribution in [0.25, 0.3) is 0 Å². The first-order valence-electron chi connectivity index (χ1n) is 3.97. The summed E-state index contributed by atoms with van der Waals surface area (Å²) in [5, 5.41) is 11.3. The van der Waals surface area contributed by atoms with Gasteiger partial charge in [0.1, 0.15) is 0 Å². The summed E-state index contributed by atoms with van der Waals surface area (Å²) in [6, 6.07) is 0. The maximum absolute atomic E-state index is 11.0. The summed E-state index contributed by atoms with van der Waals surface area (Å²) in [4.78, 5) is 11.0. The number of nitrogens with one attached hydrogen (secondary N) is 1. The molecule has 12 heavy (non-hydrogen) atoms. The number of carbonyl (C=O) groups is 1. The average molecular weight is 175 g/mol. The largest absolute Gasteiger partial charge is 0.447 e. The van der Waals surface area contributed by atoms with E-state index in [9.17, 15) is 4.79 Å². The molecule has 0 aromatic rings. The third-order valence-electron chi connectivity index (χ3n) is 1.18. The minimum absolute atomic E-state index is 0.111. The van der Waals surface area contributed by atoms with Crippen LogP contribution in [0.3, 0.4) is 0 Å². The van der Waals surface area contributed by atoms with Crippen molar-refractivity contribution in [3.8, 4) is 0 Å². The Bertz CT molecular complexity index is 154. The molecule has 0 aliphatic carbocycles. The van der Waals surface area contributed by atoms with E-state index in [-0.39, 0.29) is 12.7 Å². The van der Waals surface area contributed by atoms with E-state index in [2.05, 4.69) is 5.32 Å². The summed E-state index contributed by atoms with van der Waals surface area (Å²) < 4.78 is 4.83. The molecule has 0 heterocycles. The van der Waals surface area contributed by atoms with E-state index in [1.165, 1.54) is 0 Å². The molecule has 0 aliphatic heterocycles. The maximum atomic E-state index is 11.0. The molecule has 4 nitrogen and oxygen atoms in total. The number of aliphatic hydroxyl groups is 1. The van der Waals surface area contributed by atoms with Crippen LogP contribution in [-0.4, -0.2) is 29.4 Å². The van der Waals surface area contributed by atoms with Gasteiger partial charge in [-0.25, -0.2) is 4.79 Å². The summed E-state index contributed by atoms with van der Waals surface area (Å²) in [6.45, 7) is 6.86. The summed E-state index contributed by atoms with van der Waals surface area (Å²) >= 11 is 0. The predicted molar refractivity (Wildman–Crippen MR) is 45.9 cm³/mol. The quantitative estimate of drug-likeness (QED) is 0.669. The molecule has 72 valence electrons. The van der Waals surface area contributed by atoms with Gasteiger partial charge in [0.25, 0.3) is 0 Å². The van der Waals surface area contributed by atoms with Crippen molar-refractivity contribution in [3.05, 3.63) is 0 Å². The Morgan fingerprint density at radius 3 is 2.42 bits per heavy atom. The van der Waals surface area contributed by atoms with Crippen LogP contribution in [0.15, 0.2) is 0 Å². The van der Waals surface area contributed by atoms with Gasteiger partial charge in [-0.15, -0.1) is 0 Å². The van der Waals surface area contributed by atoms with Gasteiger partial charge in [0.15, 0.2) is 0 Å². The van der Waals surface area contributed by atoms with Crippen molar-refractivity contribution >= 4 is 6.09 Å². The monoisotopic (exact) mass is 175 g/mol. The van der Waals surface area contributed by atoms with Gasteiger partial charge in [0.05, 0.1) is 18.2 Å². The lowest BCUT2D eigenvalue weighted by Gasteiger charge is -2.23. The molecular formula is C8H17NO3. The lowest BCUT2D eigenvalue weighted by atomic mass is 10.1. The van der Waals surface area contributed by atoms with E-state index in [4.69, 9.17) is 9.84 Å². The second-order valence-electron chi connectivity index (χ2n) is 3.62. The standard InChI is InChI=1S/C8H17NO3/c1-6(2)12-7(11)9-8(3,4)5-10/h6,10H,5H2,1-4H3,(H,9,11). The van der Waals surface area contributed by atoms with Crippen molar-refractivity contribution in [1.82, 2.24) is 5.32 Å². The van der Waals surface area contributed by atoms with Crippen molar-refractivity contribution in [1.29, 1.82) is 0 Å². The number of hydrogen-bond acceptors (Lipinski definition) is 3. The van der Waals surface area contributed by atoms with Gasteiger partial charge in [-0.05, 0) is 27.7 Å². The van der Waals surface area contributed by atoms with Crippen LogP contribution in [0.5, 0.6) is 0 Å². The zero-order valence-electron chi connectivity index (χ0n) is 8.05. The molecule has 0 aromatic heterocycles. The van der Waals surface area contributed by atoms with Gasteiger partial charge in [-0.2, -0.15) is 0 Å². The molecule has 0 aliphatic rings. The van der Waals surface area contributed by atoms with Crippen molar-refractivity contribution in [2.75, 3.05) is 6.61 Å². The van der Waals surface area contributed by atoms with E-state index >= 15 is 0 Å². The molecule has 0 fully saturated rings. The third kappa shape index (κ3) is 4.96. The van der Waals surface area contributed by atoms with E-state index < -0.39 is 11.6 Å². The lowest BCUT2D eigenvalue weighted by molar-refractivity contribution is 0.0971. The molecule has 0 saturated heterocycles. The topological polar surface area (TPSA) is 58.6 Å². The van der Waals surface area contributed by atoms with E-state index in [1.54, 1.807) is 27.7 Å². The fraction of sp³-hybridized carbons (Fsp3) is 0.875. The van der Waals surface area contributed by atoms with Crippen molar-refractivity contribution < 1.29 is 14.6 Å². The van der Waals surface area contributed by atoms with Crippen molar-refractivity contribution in [2.45, 2.75) is 39.3 Å². The highest BCUT2D eigenvalue weighted by Gasteiger charge is 2.20. The smallest absolute Gasteiger partial charge is 0.407 e. The highest BCUT2D eigenvalue weighted by atomic mass is 16.6. The van der Waals surface area contributed by atoms with Gasteiger partial charge in [0, 0.05) is 0 Å². The Kier molecular flexibility index (Phi) is 4.03. The molecule has 0 unspecified atom stereocenters. The van der Waals surface area contributed by atoms with Crippen LogP contribution < -0.4 is 5.32 Å². The predicted octanol–water partition coefficient (Wildman–Crippen LogP) is 0.892. The number of ether oxygens (including phenoxy) is 1. The maximum Gasteiger partial charge on any atom is 0.407 e. The van der Waals surface area contributed by atoms with E-state index in [0.29, 0.717) is 0 Å². The molecule has 0 rings (SSSR count). The molecule has 1 amide bonds. The Hall–Kier alpha value is -0.770. The molecular weight excluding hydrogens is 158 g/mol. The number of carbonyl (C=O) groups excluding carboxylic acids is 1. The number of alkyl carbamates (subject to hydrolysis) is 1. The Balaban J connectivity index is 3.84. The first kappa shape index (κ1) is 11.2. The van der Waals surface area contributed by atoms with Crippen LogP contribution in [0.2, 0.25) is 0 Å². The van der Waals surface area contributed by atoms with Crippen LogP contribution in [0, 0.1) is 0 Å². The molecule has 0 atom stereocenters. The van der Waals surface area contributed by atoms with Crippen molar-refractivity contribution in [2.24, 2.45) is 0 Å². The second kappa shape index (κ2) is 4.30. The molecule has 2 N–H and O–H groups in total. The minimum Gasteiger partial charge on any atom is -0.447 e.